The number of H-pyrrole nitrogens is 1. The fraction of sp³-hybridized carbons (Fsp3) is 0.550. The van der Waals surface area contributed by atoms with Crippen molar-refractivity contribution in [3.05, 3.63) is 36.0 Å². The second-order valence-electron chi connectivity index (χ2n) is 7.88. The Hall–Kier alpha value is -1.77. The van der Waals surface area contributed by atoms with E-state index in [9.17, 15) is 4.79 Å². The maximum absolute atomic E-state index is 12.9. The number of benzene rings is 1. The molecule has 0 radical (unpaired) electrons. The summed E-state index contributed by atoms with van der Waals surface area (Å²) in [4.78, 5) is 18.5. The van der Waals surface area contributed by atoms with Gasteiger partial charge in [0.1, 0.15) is 0 Å². The molecule has 1 aromatic carbocycles. The van der Waals surface area contributed by atoms with Gasteiger partial charge in [0.05, 0.1) is 0 Å². The lowest BCUT2D eigenvalue weighted by atomic mass is 9.63. The lowest BCUT2D eigenvalue weighted by Gasteiger charge is -2.56. The van der Waals surface area contributed by atoms with Crippen LogP contribution in [0.2, 0.25) is 0 Å². The van der Waals surface area contributed by atoms with E-state index >= 15 is 0 Å². The minimum absolute atomic E-state index is 0. The predicted molar refractivity (Wildman–Crippen MR) is 93.2 cm³/mol. The van der Waals surface area contributed by atoms with Gasteiger partial charge in [-0.05, 0) is 62.0 Å². The third-order valence-corrected chi connectivity index (χ3v) is 6.45. The second-order valence-corrected chi connectivity index (χ2v) is 7.88. The predicted octanol–water partition coefficient (Wildman–Crippen LogP) is 4.14. The van der Waals surface area contributed by atoms with Crippen molar-refractivity contribution in [2.24, 2.45) is 11.8 Å². The number of aromatic nitrogens is 1. The molecule has 1 amide bonds. The van der Waals surface area contributed by atoms with Crippen molar-refractivity contribution in [3.63, 3.8) is 0 Å². The molecule has 122 valence electrons. The van der Waals surface area contributed by atoms with Gasteiger partial charge in [0.15, 0.2) is 0 Å². The number of piperidine rings is 2. The highest BCUT2D eigenvalue weighted by Gasteiger charge is 2.48. The zero-order valence-electron chi connectivity index (χ0n) is 13.5. The van der Waals surface area contributed by atoms with E-state index in [2.05, 4.69) is 34.3 Å². The molecular formula is C20H26N2O. The molecule has 0 unspecified atom stereocenters. The van der Waals surface area contributed by atoms with Gasteiger partial charge in [-0.2, -0.15) is 0 Å². The molecule has 3 heterocycles. The van der Waals surface area contributed by atoms with Gasteiger partial charge in [-0.1, -0.05) is 18.2 Å². The molecule has 2 saturated heterocycles. The normalized spacial score (nSPS) is 31.9. The number of aryl methyl sites for hydroxylation is 1. The van der Waals surface area contributed by atoms with Crippen molar-refractivity contribution in [2.45, 2.75) is 57.0 Å². The van der Waals surface area contributed by atoms with Gasteiger partial charge < -0.3 is 9.88 Å². The number of amides is 1. The zero-order chi connectivity index (χ0) is 15.4. The monoisotopic (exact) mass is 310 g/mol. The van der Waals surface area contributed by atoms with Crippen molar-refractivity contribution in [1.82, 2.24) is 9.88 Å². The standard InChI is InChI=1S/C20H24N2O.H2/c23-20(6-5-15-12-21-19-4-2-1-3-18(15)19)22-16-8-13-7-14(10-16)11-17(22)9-13;/h1-4,12-14,16-17,21H,5-11H2;1H. The Morgan fingerprint density at radius 2 is 1.78 bits per heavy atom. The van der Waals surface area contributed by atoms with Crippen LogP contribution in [0.1, 0.15) is 45.5 Å². The topological polar surface area (TPSA) is 36.1 Å². The molecule has 23 heavy (non-hydrogen) atoms. The Morgan fingerprint density at radius 1 is 1.09 bits per heavy atom. The van der Waals surface area contributed by atoms with E-state index in [1.165, 1.54) is 48.6 Å². The lowest BCUT2D eigenvalue weighted by Crippen LogP contribution is -2.59. The quantitative estimate of drug-likeness (QED) is 0.909. The zero-order valence-corrected chi connectivity index (χ0v) is 13.5. The molecule has 4 bridgehead atoms. The van der Waals surface area contributed by atoms with E-state index in [-0.39, 0.29) is 1.43 Å². The SMILES string of the molecule is O=C(CCc1c[nH]c2ccccc12)N1C2CC3CC(C2)CC1C3.[HH]. The summed E-state index contributed by atoms with van der Waals surface area (Å²) >= 11 is 0. The number of carbonyl (C=O) groups is 1. The number of hydrogen-bond acceptors (Lipinski definition) is 1. The maximum atomic E-state index is 12.9. The number of aromatic amines is 1. The van der Waals surface area contributed by atoms with E-state index in [0.29, 0.717) is 24.4 Å². The van der Waals surface area contributed by atoms with Crippen LogP contribution >= 0.6 is 0 Å². The molecule has 4 fully saturated rings. The number of rotatable bonds is 3. The summed E-state index contributed by atoms with van der Waals surface area (Å²) in [5.41, 5.74) is 2.45. The van der Waals surface area contributed by atoms with E-state index in [1.807, 2.05) is 6.07 Å². The Balaban J connectivity index is 0.00000146. The first-order valence-electron chi connectivity index (χ1n) is 9.14. The molecule has 2 aliphatic carbocycles. The number of nitrogens with one attached hydrogen (secondary N) is 1. The van der Waals surface area contributed by atoms with Crippen LogP contribution in [0.4, 0.5) is 0 Å². The Kier molecular flexibility index (Phi) is 3.04. The Bertz CT molecular complexity index is 725. The first-order valence-corrected chi connectivity index (χ1v) is 9.14. The number of fused-ring (bicyclic) bond motifs is 1. The summed E-state index contributed by atoms with van der Waals surface area (Å²) in [6, 6.07) is 9.48. The van der Waals surface area contributed by atoms with E-state index in [0.717, 1.165) is 18.3 Å². The fourth-order valence-corrected chi connectivity index (χ4v) is 5.65. The van der Waals surface area contributed by atoms with E-state index < -0.39 is 0 Å². The van der Waals surface area contributed by atoms with Crippen LogP contribution in [0.5, 0.6) is 0 Å². The smallest absolute Gasteiger partial charge is 0.223 e. The number of nitrogens with zero attached hydrogens (tertiary/aromatic N) is 1. The van der Waals surface area contributed by atoms with Gasteiger partial charge in [0.25, 0.3) is 0 Å². The number of para-hydroxylation sites is 1. The van der Waals surface area contributed by atoms with Gasteiger partial charge >= 0.3 is 0 Å². The van der Waals surface area contributed by atoms with Crippen molar-refractivity contribution >= 4 is 16.8 Å². The van der Waals surface area contributed by atoms with Gasteiger partial charge in [0, 0.05) is 37.0 Å². The molecule has 1 aromatic heterocycles. The van der Waals surface area contributed by atoms with Gasteiger partial charge in [-0.25, -0.2) is 0 Å². The molecule has 2 aromatic rings. The summed E-state index contributed by atoms with van der Waals surface area (Å²) < 4.78 is 0. The highest BCUT2D eigenvalue weighted by atomic mass is 16.2. The van der Waals surface area contributed by atoms with Gasteiger partial charge in [-0.3, -0.25) is 4.79 Å². The Morgan fingerprint density at radius 3 is 2.52 bits per heavy atom. The highest BCUT2D eigenvalue weighted by Crippen LogP contribution is 2.49. The number of hydrogen-bond donors (Lipinski definition) is 1. The van der Waals surface area contributed by atoms with Gasteiger partial charge in [-0.15, -0.1) is 0 Å². The summed E-state index contributed by atoms with van der Waals surface area (Å²) in [6.45, 7) is 0. The summed E-state index contributed by atoms with van der Waals surface area (Å²) in [5, 5.41) is 1.26. The molecule has 3 nitrogen and oxygen atoms in total. The largest absolute Gasteiger partial charge is 0.361 e. The average Bonchev–Trinajstić information content (AvgIpc) is 2.95. The van der Waals surface area contributed by atoms with Crippen molar-refractivity contribution in [2.75, 3.05) is 0 Å². The van der Waals surface area contributed by atoms with Crippen LogP contribution < -0.4 is 0 Å². The van der Waals surface area contributed by atoms with E-state index in [1.54, 1.807) is 0 Å². The minimum atomic E-state index is 0. The Labute approximate surface area is 138 Å². The summed E-state index contributed by atoms with van der Waals surface area (Å²) in [7, 11) is 0. The molecule has 4 aliphatic rings. The van der Waals surface area contributed by atoms with Crippen LogP contribution in [0, 0.1) is 11.8 Å². The lowest BCUT2D eigenvalue weighted by molar-refractivity contribution is -0.149. The number of carbonyl (C=O) groups excluding carboxylic acids is 1. The molecular weight excluding hydrogens is 284 g/mol. The molecule has 2 aliphatic heterocycles. The van der Waals surface area contributed by atoms with Crippen LogP contribution in [-0.2, 0) is 11.2 Å². The molecule has 0 spiro atoms. The highest BCUT2D eigenvalue weighted by molar-refractivity contribution is 5.84. The van der Waals surface area contributed by atoms with E-state index in [4.69, 9.17) is 0 Å². The minimum Gasteiger partial charge on any atom is -0.361 e. The molecule has 3 heteroatoms. The molecule has 6 rings (SSSR count). The van der Waals surface area contributed by atoms with Crippen molar-refractivity contribution in [1.29, 1.82) is 0 Å². The third-order valence-electron chi connectivity index (χ3n) is 6.45. The molecule has 1 N–H and O–H groups in total. The second kappa shape index (κ2) is 5.12. The first-order chi connectivity index (χ1) is 11.3. The van der Waals surface area contributed by atoms with Crippen LogP contribution in [-0.4, -0.2) is 27.9 Å². The van der Waals surface area contributed by atoms with Crippen LogP contribution in [0.25, 0.3) is 10.9 Å². The maximum Gasteiger partial charge on any atom is 0.223 e. The molecule has 2 saturated carbocycles. The van der Waals surface area contributed by atoms with Crippen LogP contribution in [0.15, 0.2) is 30.5 Å². The van der Waals surface area contributed by atoms with Gasteiger partial charge in [0.2, 0.25) is 5.91 Å². The first kappa shape index (κ1) is 13.6. The third kappa shape index (κ3) is 2.20. The average molecular weight is 310 g/mol. The molecule has 0 atom stereocenters. The summed E-state index contributed by atoms with van der Waals surface area (Å²) in [5.74, 6) is 2.22. The van der Waals surface area contributed by atoms with Crippen molar-refractivity contribution < 1.29 is 6.22 Å². The fourth-order valence-electron chi connectivity index (χ4n) is 5.65. The van der Waals surface area contributed by atoms with Crippen LogP contribution in [0.3, 0.4) is 0 Å². The summed E-state index contributed by atoms with van der Waals surface area (Å²) in [6.07, 6.45) is 10.1. The van der Waals surface area contributed by atoms with Crippen molar-refractivity contribution in [3.8, 4) is 0 Å².